The van der Waals surface area contributed by atoms with Crippen LogP contribution in [0.1, 0.15) is 66.7 Å². The Balaban J connectivity index is 2.94. The molecule has 0 fully saturated rings. The molecule has 0 radical (unpaired) electrons. The number of aromatic amines is 1. The van der Waals surface area contributed by atoms with E-state index in [9.17, 15) is 19.6 Å². The third-order valence-corrected chi connectivity index (χ3v) is 4.54. The van der Waals surface area contributed by atoms with Gasteiger partial charge in [0.15, 0.2) is 6.10 Å². The minimum atomic E-state index is -1.11. The molecule has 0 saturated heterocycles. The van der Waals surface area contributed by atoms with E-state index in [0.717, 1.165) is 0 Å². The van der Waals surface area contributed by atoms with Gasteiger partial charge in [0.1, 0.15) is 11.2 Å². The molecule has 2 atom stereocenters. The number of aryl methyl sites for hydroxylation is 1. The fraction of sp³-hybridized carbons (Fsp3) is 0.579. The normalized spacial score (nSPS) is 14.0. The molecule has 1 heterocycles. The quantitative estimate of drug-likeness (QED) is 0.704. The summed E-state index contributed by atoms with van der Waals surface area (Å²) in [4.78, 5) is 39.6. The summed E-state index contributed by atoms with van der Waals surface area (Å²) in [5.41, 5.74) is 0.160. The number of rotatable bonds is 7. The monoisotopic (exact) mass is 377 g/mol. The molecule has 1 amide bonds. The third kappa shape index (κ3) is 4.88. The van der Waals surface area contributed by atoms with Gasteiger partial charge in [-0.05, 0) is 46.1 Å². The zero-order chi connectivity index (χ0) is 20.9. The molecule has 148 valence electrons. The van der Waals surface area contributed by atoms with Gasteiger partial charge in [-0.2, -0.15) is 5.26 Å². The Morgan fingerprint density at radius 2 is 1.81 bits per heavy atom. The molecular formula is C19H27N3O5. The highest BCUT2D eigenvalue weighted by molar-refractivity contribution is 5.99. The second-order valence-corrected chi connectivity index (χ2v) is 6.85. The van der Waals surface area contributed by atoms with E-state index in [1.165, 1.54) is 6.92 Å². The topological polar surface area (TPSA) is 121 Å². The standard InChI is InChI=1S/C19H27N3O5/c1-8-26-17(24)14-11(4)15(21-12(14)5)18(25)27-13(6)16(23)22-19(7,9-20)10(2)3/h10,13,21H,8H2,1-7H3,(H,22,23)/t13-,19+/m0/s1. The maximum Gasteiger partial charge on any atom is 0.355 e. The Hall–Kier alpha value is -2.82. The van der Waals surface area contributed by atoms with Crippen molar-refractivity contribution in [2.75, 3.05) is 6.61 Å². The molecule has 2 N–H and O–H groups in total. The fourth-order valence-corrected chi connectivity index (χ4v) is 2.40. The van der Waals surface area contributed by atoms with Crippen LogP contribution in [0, 0.1) is 31.1 Å². The van der Waals surface area contributed by atoms with Crippen LogP contribution in [0.25, 0.3) is 0 Å². The van der Waals surface area contributed by atoms with Crippen molar-refractivity contribution in [3.8, 4) is 6.07 Å². The van der Waals surface area contributed by atoms with Crippen molar-refractivity contribution in [3.05, 3.63) is 22.5 Å². The van der Waals surface area contributed by atoms with E-state index in [-0.39, 0.29) is 23.8 Å². The molecule has 0 spiro atoms. The summed E-state index contributed by atoms with van der Waals surface area (Å²) in [6, 6.07) is 2.06. The van der Waals surface area contributed by atoms with Crippen molar-refractivity contribution in [2.45, 2.75) is 60.1 Å². The third-order valence-electron chi connectivity index (χ3n) is 4.54. The summed E-state index contributed by atoms with van der Waals surface area (Å²) >= 11 is 0. The Morgan fingerprint density at radius 3 is 2.30 bits per heavy atom. The summed E-state index contributed by atoms with van der Waals surface area (Å²) < 4.78 is 10.2. The van der Waals surface area contributed by atoms with E-state index < -0.39 is 29.5 Å². The maximum absolute atomic E-state index is 12.4. The largest absolute Gasteiger partial charge is 0.462 e. The first-order chi connectivity index (χ1) is 12.5. The minimum absolute atomic E-state index is 0.0853. The van der Waals surface area contributed by atoms with Gasteiger partial charge in [0.2, 0.25) is 0 Å². The number of hydrogen-bond acceptors (Lipinski definition) is 6. The van der Waals surface area contributed by atoms with Gasteiger partial charge in [-0.25, -0.2) is 9.59 Å². The van der Waals surface area contributed by atoms with Gasteiger partial charge in [-0.1, -0.05) is 13.8 Å². The number of nitrogens with one attached hydrogen (secondary N) is 2. The highest BCUT2D eigenvalue weighted by Crippen LogP contribution is 2.21. The van der Waals surface area contributed by atoms with Gasteiger partial charge in [0, 0.05) is 5.69 Å². The lowest BCUT2D eigenvalue weighted by Gasteiger charge is -2.28. The predicted octanol–water partition coefficient (Wildman–Crippen LogP) is 2.41. The van der Waals surface area contributed by atoms with E-state index in [1.54, 1.807) is 27.7 Å². The first-order valence-corrected chi connectivity index (χ1v) is 8.79. The van der Waals surface area contributed by atoms with Crippen molar-refractivity contribution in [1.82, 2.24) is 10.3 Å². The average Bonchev–Trinajstić information content (AvgIpc) is 2.89. The lowest BCUT2D eigenvalue weighted by molar-refractivity contribution is -0.130. The molecule has 1 aromatic heterocycles. The Morgan fingerprint density at radius 1 is 1.22 bits per heavy atom. The summed E-state index contributed by atoms with van der Waals surface area (Å²) in [6.45, 7) is 11.8. The van der Waals surface area contributed by atoms with Gasteiger partial charge in [0.25, 0.3) is 5.91 Å². The van der Waals surface area contributed by atoms with Gasteiger partial charge in [-0.15, -0.1) is 0 Å². The molecule has 0 saturated carbocycles. The Kier molecular flexibility index (Phi) is 7.17. The van der Waals surface area contributed by atoms with Crippen LogP contribution in [0.5, 0.6) is 0 Å². The zero-order valence-electron chi connectivity index (χ0n) is 16.9. The minimum Gasteiger partial charge on any atom is -0.462 e. The van der Waals surface area contributed by atoms with Crippen molar-refractivity contribution >= 4 is 17.8 Å². The number of amides is 1. The van der Waals surface area contributed by atoms with Crippen molar-refractivity contribution in [1.29, 1.82) is 5.26 Å². The molecule has 8 nitrogen and oxygen atoms in total. The lowest BCUT2D eigenvalue weighted by atomic mass is 9.90. The smallest absolute Gasteiger partial charge is 0.355 e. The van der Waals surface area contributed by atoms with Crippen LogP contribution in [-0.2, 0) is 14.3 Å². The van der Waals surface area contributed by atoms with Crippen LogP contribution < -0.4 is 5.32 Å². The SMILES string of the molecule is CCOC(=O)c1c(C)[nH]c(C(=O)O[C@@H](C)C(=O)N[C@](C)(C#N)C(C)C)c1C. The number of carbonyl (C=O) groups excluding carboxylic acids is 3. The summed E-state index contributed by atoms with van der Waals surface area (Å²) in [5, 5.41) is 11.9. The van der Waals surface area contributed by atoms with Crippen LogP contribution in [0.4, 0.5) is 0 Å². The summed E-state index contributed by atoms with van der Waals surface area (Å²) in [7, 11) is 0. The van der Waals surface area contributed by atoms with E-state index in [4.69, 9.17) is 9.47 Å². The van der Waals surface area contributed by atoms with Crippen LogP contribution in [-0.4, -0.2) is 41.1 Å². The number of nitrogens with zero attached hydrogens (tertiary/aromatic N) is 1. The van der Waals surface area contributed by atoms with Crippen molar-refractivity contribution < 1.29 is 23.9 Å². The van der Waals surface area contributed by atoms with Crippen molar-refractivity contribution in [2.24, 2.45) is 5.92 Å². The molecule has 0 bridgehead atoms. The molecule has 0 aliphatic rings. The summed E-state index contributed by atoms with van der Waals surface area (Å²) in [6.07, 6.45) is -1.11. The predicted molar refractivity (Wildman–Crippen MR) is 98.1 cm³/mol. The van der Waals surface area contributed by atoms with Crippen LogP contribution in [0.3, 0.4) is 0 Å². The molecule has 1 rings (SSSR count). The first-order valence-electron chi connectivity index (χ1n) is 8.79. The van der Waals surface area contributed by atoms with Crippen LogP contribution >= 0.6 is 0 Å². The number of nitriles is 1. The number of carbonyl (C=O) groups is 3. The molecule has 27 heavy (non-hydrogen) atoms. The highest BCUT2D eigenvalue weighted by atomic mass is 16.5. The molecule has 0 aliphatic carbocycles. The second kappa shape index (κ2) is 8.71. The van der Waals surface area contributed by atoms with E-state index >= 15 is 0 Å². The van der Waals surface area contributed by atoms with E-state index in [0.29, 0.717) is 11.3 Å². The van der Waals surface area contributed by atoms with Crippen LogP contribution in [0.15, 0.2) is 0 Å². The fourth-order valence-electron chi connectivity index (χ4n) is 2.40. The molecule has 8 heteroatoms. The van der Waals surface area contributed by atoms with E-state index in [2.05, 4.69) is 16.4 Å². The maximum atomic E-state index is 12.4. The molecular weight excluding hydrogens is 350 g/mol. The molecule has 1 aromatic rings. The van der Waals surface area contributed by atoms with Gasteiger partial charge < -0.3 is 19.8 Å². The zero-order valence-corrected chi connectivity index (χ0v) is 16.9. The molecule has 0 unspecified atom stereocenters. The van der Waals surface area contributed by atoms with Gasteiger partial charge in [0.05, 0.1) is 18.2 Å². The van der Waals surface area contributed by atoms with Crippen LogP contribution in [0.2, 0.25) is 0 Å². The Bertz CT molecular complexity index is 775. The molecule has 0 aromatic carbocycles. The summed E-state index contributed by atoms with van der Waals surface area (Å²) in [5.74, 6) is -2.00. The van der Waals surface area contributed by atoms with Gasteiger partial charge >= 0.3 is 11.9 Å². The average molecular weight is 377 g/mol. The molecule has 0 aliphatic heterocycles. The first kappa shape index (κ1) is 22.2. The van der Waals surface area contributed by atoms with Gasteiger partial charge in [-0.3, -0.25) is 4.79 Å². The van der Waals surface area contributed by atoms with Crippen molar-refractivity contribution in [3.63, 3.8) is 0 Å². The highest BCUT2D eigenvalue weighted by Gasteiger charge is 2.33. The number of hydrogen-bond donors (Lipinski definition) is 2. The Labute approximate surface area is 159 Å². The number of aromatic nitrogens is 1. The number of ether oxygens (including phenoxy) is 2. The second-order valence-electron chi connectivity index (χ2n) is 6.85. The lowest BCUT2D eigenvalue weighted by Crippen LogP contribution is -2.52. The number of esters is 2. The number of H-pyrrole nitrogens is 1. The van der Waals surface area contributed by atoms with E-state index in [1.807, 2.05) is 13.8 Å².